The van der Waals surface area contributed by atoms with Crippen LogP contribution in [-0.2, 0) is 11.2 Å². The first-order valence-electron chi connectivity index (χ1n) is 9.57. The van der Waals surface area contributed by atoms with E-state index in [9.17, 15) is 24.3 Å². The summed E-state index contributed by atoms with van der Waals surface area (Å²) in [4.78, 5) is 49.1. The number of rotatable bonds is 7. The van der Waals surface area contributed by atoms with Gasteiger partial charge in [-0.15, -0.1) is 0 Å². The van der Waals surface area contributed by atoms with Crippen molar-refractivity contribution >= 4 is 45.6 Å². The van der Waals surface area contributed by atoms with E-state index in [4.69, 9.17) is 0 Å². The maximum atomic E-state index is 13.0. The van der Waals surface area contributed by atoms with E-state index in [-0.39, 0.29) is 24.8 Å². The van der Waals surface area contributed by atoms with Gasteiger partial charge in [0.05, 0.1) is 5.56 Å². The number of nitrogens with zero attached hydrogens (tertiary/aromatic N) is 1. The van der Waals surface area contributed by atoms with E-state index < -0.39 is 29.5 Å². The van der Waals surface area contributed by atoms with Gasteiger partial charge in [0, 0.05) is 10.2 Å². The van der Waals surface area contributed by atoms with E-state index in [0.717, 1.165) is 4.47 Å². The molecule has 1 unspecified atom stereocenters. The predicted octanol–water partition coefficient (Wildman–Crippen LogP) is 3.52. The number of nitrogens with one attached hydrogen (secondary N) is 3. The number of carbonyl (C=O) groups excluding carboxylic acids is 3. The molecule has 31 heavy (non-hydrogen) atoms. The van der Waals surface area contributed by atoms with Gasteiger partial charge in [-0.2, -0.15) is 5.01 Å². The highest BCUT2D eigenvalue weighted by Crippen LogP contribution is 2.27. The Hall–Kier alpha value is -3.40. The Morgan fingerprint density at radius 3 is 2.45 bits per heavy atom. The predicted molar refractivity (Wildman–Crippen MR) is 116 cm³/mol. The van der Waals surface area contributed by atoms with Crippen molar-refractivity contribution in [2.24, 2.45) is 0 Å². The molecule has 1 heterocycles. The van der Waals surface area contributed by atoms with Crippen molar-refractivity contribution in [3.8, 4) is 0 Å². The number of carboxylic acids is 1. The molecule has 0 aromatic heterocycles. The highest BCUT2D eigenvalue weighted by atomic mass is 79.9. The van der Waals surface area contributed by atoms with Crippen LogP contribution in [-0.4, -0.2) is 39.6 Å². The Bertz CT molecular complexity index is 1030. The van der Waals surface area contributed by atoms with Crippen molar-refractivity contribution in [1.29, 1.82) is 0 Å². The second-order valence-electron chi connectivity index (χ2n) is 7.04. The summed E-state index contributed by atoms with van der Waals surface area (Å²) in [5.41, 5.74) is 2.22. The lowest BCUT2D eigenvalue weighted by Gasteiger charge is -2.25. The van der Waals surface area contributed by atoms with Crippen LogP contribution >= 0.6 is 15.9 Å². The first-order valence-corrected chi connectivity index (χ1v) is 10.4. The summed E-state index contributed by atoms with van der Waals surface area (Å²) in [6.07, 6.45) is 0.728. The highest BCUT2D eigenvalue weighted by Gasteiger charge is 2.50. The second kappa shape index (κ2) is 9.17. The molecule has 5 amide bonds. The Kier molecular flexibility index (Phi) is 6.59. The van der Waals surface area contributed by atoms with E-state index in [0.29, 0.717) is 16.3 Å². The molecule has 1 atom stereocenters. The third-order valence-corrected chi connectivity index (χ3v) is 5.68. The number of hydrogen-bond donors (Lipinski definition) is 4. The Morgan fingerprint density at radius 1 is 1.13 bits per heavy atom. The minimum atomic E-state index is -1.24. The normalized spacial score (nSPS) is 17.9. The number of urea groups is 2. The lowest BCUT2D eigenvalue weighted by molar-refractivity contribution is -0.133. The number of hydrazine groups is 1. The molecule has 0 radical (unpaired) electrons. The number of halogens is 1. The van der Waals surface area contributed by atoms with Crippen LogP contribution in [0.3, 0.4) is 0 Å². The van der Waals surface area contributed by atoms with Crippen LogP contribution in [0.2, 0.25) is 0 Å². The van der Waals surface area contributed by atoms with Crippen LogP contribution in [0.15, 0.2) is 53.0 Å². The van der Waals surface area contributed by atoms with Crippen molar-refractivity contribution < 1.29 is 24.3 Å². The molecule has 1 fully saturated rings. The molecule has 4 N–H and O–H groups in total. The van der Waals surface area contributed by atoms with Crippen molar-refractivity contribution in [2.75, 3.05) is 5.32 Å². The average Bonchev–Trinajstić information content (AvgIpc) is 2.98. The number of carbonyl (C=O) groups is 4. The van der Waals surface area contributed by atoms with E-state index >= 15 is 0 Å². The Labute approximate surface area is 186 Å². The largest absolute Gasteiger partial charge is 0.478 e. The highest BCUT2D eigenvalue weighted by molar-refractivity contribution is 9.10. The molecule has 10 heteroatoms. The summed E-state index contributed by atoms with van der Waals surface area (Å²) >= 11 is 3.30. The summed E-state index contributed by atoms with van der Waals surface area (Å²) in [6.45, 7) is 1.74. The minimum absolute atomic E-state index is 0.148. The third-order valence-electron chi connectivity index (χ3n) is 5.15. The minimum Gasteiger partial charge on any atom is -0.478 e. The zero-order valence-corrected chi connectivity index (χ0v) is 18.2. The number of anilines is 1. The molecule has 0 bridgehead atoms. The van der Waals surface area contributed by atoms with Crippen LogP contribution in [0, 0.1) is 0 Å². The van der Waals surface area contributed by atoms with Crippen molar-refractivity contribution in [3.63, 3.8) is 0 Å². The first-order chi connectivity index (χ1) is 14.8. The van der Waals surface area contributed by atoms with Crippen molar-refractivity contribution in [1.82, 2.24) is 15.8 Å². The number of amides is 5. The molecule has 2 aromatic carbocycles. The molecule has 1 saturated heterocycles. The van der Waals surface area contributed by atoms with Gasteiger partial charge in [-0.1, -0.05) is 41.1 Å². The summed E-state index contributed by atoms with van der Waals surface area (Å²) in [5, 5.41) is 15.2. The van der Waals surface area contributed by atoms with Gasteiger partial charge in [-0.25, -0.2) is 19.8 Å². The standard InChI is InChI=1S/C21H21BrN4O5/c1-2-21(12-11-13-5-3-4-6-16(13)17(27)28)18(29)26(20(31)24-21)25-19(30)23-15-9-7-14(22)8-10-15/h3-10H,2,11-12H2,1H3,(H,24,31)(H,27,28)(H2,23,25,30). The Balaban J connectivity index is 1.70. The molecule has 9 nitrogen and oxygen atoms in total. The maximum absolute atomic E-state index is 13.0. The molecule has 3 rings (SSSR count). The molecular formula is C21H21BrN4O5. The molecule has 0 spiro atoms. The molecular weight excluding hydrogens is 468 g/mol. The zero-order chi connectivity index (χ0) is 22.6. The molecule has 162 valence electrons. The van der Waals surface area contributed by atoms with Gasteiger partial charge in [0.1, 0.15) is 5.54 Å². The number of imide groups is 1. The summed E-state index contributed by atoms with van der Waals surface area (Å²) < 4.78 is 0.838. The fraction of sp³-hybridized carbons (Fsp3) is 0.238. The van der Waals surface area contributed by atoms with Crippen LogP contribution in [0.25, 0.3) is 0 Å². The smallest absolute Gasteiger partial charge is 0.344 e. The lowest BCUT2D eigenvalue weighted by Crippen LogP contribution is -2.51. The van der Waals surface area contributed by atoms with Gasteiger partial charge in [0.15, 0.2) is 0 Å². The number of benzene rings is 2. The van der Waals surface area contributed by atoms with Gasteiger partial charge in [0.2, 0.25) is 0 Å². The van der Waals surface area contributed by atoms with E-state index in [1.165, 1.54) is 6.07 Å². The van der Waals surface area contributed by atoms with E-state index in [2.05, 4.69) is 32.0 Å². The lowest BCUT2D eigenvalue weighted by atomic mass is 9.87. The van der Waals surface area contributed by atoms with Crippen molar-refractivity contribution in [3.05, 3.63) is 64.1 Å². The molecule has 2 aromatic rings. The molecule has 0 saturated carbocycles. The van der Waals surface area contributed by atoms with Gasteiger partial charge in [0.25, 0.3) is 5.91 Å². The number of aromatic carboxylic acids is 1. The van der Waals surface area contributed by atoms with E-state index in [1.54, 1.807) is 49.4 Å². The van der Waals surface area contributed by atoms with Gasteiger partial charge in [-0.05, 0) is 55.2 Å². The fourth-order valence-corrected chi connectivity index (χ4v) is 3.66. The van der Waals surface area contributed by atoms with Crippen molar-refractivity contribution in [2.45, 2.75) is 31.7 Å². The topological polar surface area (TPSA) is 128 Å². The number of carboxylic acid groups (broad SMARTS) is 1. The second-order valence-corrected chi connectivity index (χ2v) is 7.96. The van der Waals surface area contributed by atoms with Crippen LogP contribution in [0.5, 0.6) is 0 Å². The Morgan fingerprint density at radius 2 is 1.81 bits per heavy atom. The van der Waals surface area contributed by atoms with Crippen LogP contribution in [0.1, 0.15) is 35.7 Å². The summed E-state index contributed by atoms with van der Waals surface area (Å²) in [5.74, 6) is -1.66. The number of aryl methyl sites for hydroxylation is 1. The van der Waals surface area contributed by atoms with Gasteiger partial charge >= 0.3 is 18.0 Å². The van der Waals surface area contributed by atoms with Gasteiger partial charge in [-0.3, -0.25) is 4.79 Å². The fourth-order valence-electron chi connectivity index (χ4n) is 3.40. The van der Waals surface area contributed by atoms with Crippen LogP contribution < -0.4 is 16.1 Å². The molecule has 0 aliphatic carbocycles. The summed E-state index contributed by atoms with van der Waals surface area (Å²) in [6, 6.07) is 11.8. The van der Waals surface area contributed by atoms with E-state index in [1.807, 2.05) is 0 Å². The third kappa shape index (κ3) is 4.85. The monoisotopic (exact) mass is 488 g/mol. The number of hydrogen-bond acceptors (Lipinski definition) is 4. The van der Waals surface area contributed by atoms with Crippen LogP contribution in [0.4, 0.5) is 15.3 Å². The molecule has 1 aliphatic heterocycles. The van der Waals surface area contributed by atoms with Gasteiger partial charge < -0.3 is 15.7 Å². The first kappa shape index (κ1) is 22.3. The molecule has 1 aliphatic rings. The zero-order valence-electron chi connectivity index (χ0n) is 16.6. The summed E-state index contributed by atoms with van der Waals surface area (Å²) in [7, 11) is 0. The SMILES string of the molecule is CCC1(CCc2ccccc2C(=O)O)NC(=O)N(NC(=O)Nc2ccc(Br)cc2)C1=O. The average molecular weight is 489 g/mol. The quantitative estimate of drug-likeness (QED) is 0.443. The maximum Gasteiger partial charge on any atom is 0.344 e.